The molecule has 3 N–H and O–H groups in total. The Morgan fingerprint density at radius 1 is 1.00 bits per heavy atom. The van der Waals surface area contributed by atoms with Crippen LogP contribution in [0, 0.1) is 5.82 Å². The van der Waals surface area contributed by atoms with Crippen LogP contribution in [0.4, 0.5) is 4.39 Å². The number of carboxylic acid groups (broad SMARTS) is 1. The van der Waals surface area contributed by atoms with Gasteiger partial charge >= 0.3 is 11.7 Å². The van der Waals surface area contributed by atoms with Gasteiger partial charge in [-0.25, -0.2) is 13.8 Å². The summed E-state index contributed by atoms with van der Waals surface area (Å²) in [4.78, 5) is 40.8. The number of rotatable bonds is 13. The minimum absolute atomic E-state index is 0.134. The highest BCUT2D eigenvalue weighted by Gasteiger charge is 2.14. The molecule has 0 saturated carbocycles. The van der Waals surface area contributed by atoms with Crippen LogP contribution in [0.25, 0.3) is 5.69 Å². The molecule has 0 radical (unpaired) electrons. The van der Waals surface area contributed by atoms with Crippen LogP contribution in [0.15, 0.2) is 38.8 Å². The fraction of sp³-hybridized carbons (Fsp3) is 0.455. The third-order valence-corrected chi connectivity index (χ3v) is 4.85. The quantitative estimate of drug-likeness (QED) is 0.330. The van der Waals surface area contributed by atoms with Gasteiger partial charge in [-0.15, -0.1) is 0 Å². The Kier molecular flexibility index (Phi) is 9.67. The van der Waals surface area contributed by atoms with Gasteiger partial charge in [-0.1, -0.05) is 38.5 Å². The first-order valence-electron chi connectivity index (χ1n) is 10.5. The highest BCUT2D eigenvalue weighted by atomic mass is 19.1. The molecule has 0 aliphatic rings. The Morgan fingerprint density at radius 3 is 2.19 bits per heavy atom. The summed E-state index contributed by atoms with van der Waals surface area (Å²) >= 11 is 0. The number of hydrogen-bond donors (Lipinski definition) is 3. The molecule has 1 aromatic heterocycles. The summed E-state index contributed by atoms with van der Waals surface area (Å²) in [6, 6.07) is 4.94. The SMILES string of the molecule is O=C(O)CCCCCCCCCCN=Cc1c(O)n(-c2ccc(F)cc2)c(=O)[nH]c1=O. The van der Waals surface area contributed by atoms with Crippen molar-refractivity contribution in [3.05, 3.63) is 56.5 Å². The monoisotopic (exact) mass is 433 g/mol. The number of aliphatic imine (C=N–C) groups is 1. The van der Waals surface area contributed by atoms with Crippen LogP contribution in [0.3, 0.4) is 0 Å². The highest BCUT2D eigenvalue weighted by molar-refractivity contribution is 5.82. The Morgan fingerprint density at radius 2 is 1.58 bits per heavy atom. The van der Waals surface area contributed by atoms with Crippen LogP contribution in [-0.2, 0) is 4.79 Å². The van der Waals surface area contributed by atoms with Crippen molar-refractivity contribution in [2.45, 2.75) is 57.8 Å². The second kappa shape index (κ2) is 12.5. The minimum atomic E-state index is -0.825. The van der Waals surface area contributed by atoms with E-state index in [-0.39, 0.29) is 17.7 Å². The van der Waals surface area contributed by atoms with Gasteiger partial charge in [0.15, 0.2) is 0 Å². The molecule has 2 rings (SSSR count). The minimum Gasteiger partial charge on any atom is -0.493 e. The fourth-order valence-electron chi connectivity index (χ4n) is 3.18. The van der Waals surface area contributed by atoms with E-state index in [2.05, 4.69) is 9.98 Å². The van der Waals surface area contributed by atoms with Gasteiger partial charge in [-0.05, 0) is 37.1 Å². The van der Waals surface area contributed by atoms with Crippen molar-refractivity contribution in [1.82, 2.24) is 9.55 Å². The maximum absolute atomic E-state index is 13.1. The molecule has 2 aromatic rings. The maximum Gasteiger partial charge on any atom is 0.335 e. The average Bonchev–Trinajstić information content (AvgIpc) is 2.71. The summed E-state index contributed by atoms with van der Waals surface area (Å²) in [5, 5.41) is 19.0. The molecule has 1 aromatic carbocycles. The number of halogens is 1. The molecule has 8 nitrogen and oxygen atoms in total. The molecule has 0 saturated heterocycles. The zero-order chi connectivity index (χ0) is 22.6. The second-order valence-electron chi connectivity index (χ2n) is 7.32. The third kappa shape index (κ3) is 7.84. The number of aromatic nitrogens is 2. The summed E-state index contributed by atoms with van der Waals surface area (Å²) in [7, 11) is 0. The number of carboxylic acids is 1. The summed E-state index contributed by atoms with van der Waals surface area (Å²) in [6.45, 7) is 0.479. The topological polar surface area (TPSA) is 125 Å². The van der Waals surface area contributed by atoms with E-state index in [0.29, 0.717) is 6.54 Å². The van der Waals surface area contributed by atoms with E-state index in [9.17, 15) is 23.9 Å². The standard InChI is InChI=1S/C22H28FN3O5/c23-16-10-12-17(13-11-16)26-21(30)18(20(29)25-22(26)31)15-24-14-8-6-4-2-1-3-5-7-9-19(27)28/h10-13,15,30H,1-9,14H2,(H,27,28)(H,25,29,31). The van der Waals surface area contributed by atoms with E-state index in [0.717, 1.165) is 68.1 Å². The number of aliphatic carboxylic acids is 1. The third-order valence-electron chi connectivity index (χ3n) is 4.85. The van der Waals surface area contributed by atoms with E-state index >= 15 is 0 Å². The van der Waals surface area contributed by atoms with Gasteiger partial charge in [0.1, 0.15) is 11.4 Å². The number of H-pyrrole nitrogens is 1. The lowest BCUT2D eigenvalue weighted by atomic mass is 10.1. The second-order valence-corrected chi connectivity index (χ2v) is 7.32. The van der Waals surface area contributed by atoms with Crippen molar-refractivity contribution >= 4 is 12.2 Å². The molecule has 0 aliphatic carbocycles. The molecular weight excluding hydrogens is 405 g/mol. The summed E-state index contributed by atoms with van der Waals surface area (Å²) in [6.07, 6.45) is 9.20. The fourth-order valence-corrected chi connectivity index (χ4v) is 3.18. The first-order chi connectivity index (χ1) is 14.9. The molecule has 9 heteroatoms. The van der Waals surface area contributed by atoms with Crippen LogP contribution in [0.2, 0.25) is 0 Å². The highest BCUT2D eigenvalue weighted by Crippen LogP contribution is 2.16. The Balaban J connectivity index is 1.81. The molecule has 0 aliphatic heterocycles. The van der Waals surface area contributed by atoms with Gasteiger partial charge in [-0.3, -0.25) is 19.6 Å². The van der Waals surface area contributed by atoms with Crippen LogP contribution in [-0.4, -0.2) is 38.5 Å². The van der Waals surface area contributed by atoms with E-state index in [1.54, 1.807) is 0 Å². The molecule has 0 fully saturated rings. The van der Waals surface area contributed by atoms with E-state index in [4.69, 9.17) is 5.11 Å². The van der Waals surface area contributed by atoms with Gasteiger partial charge in [0, 0.05) is 19.2 Å². The zero-order valence-electron chi connectivity index (χ0n) is 17.3. The number of nitrogens with zero attached hydrogens (tertiary/aromatic N) is 2. The predicted octanol–water partition coefficient (Wildman–Crippen LogP) is 3.38. The first-order valence-corrected chi connectivity index (χ1v) is 10.5. The van der Waals surface area contributed by atoms with E-state index in [1.807, 2.05) is 0 Å². The molecule has 0 spiro atoms. The summed E-state index contributed by atoms with van der Waals surface area (Å²) in [5.74, 6) is -1.78. The number of benzene rings is 1. The van der Waals surface area contributed by atoms with Crippen molar-refractivity contribution in [1.29, 1.82) is 0 Å². The number of unbranched alkanes of at least 4 members (excludes halogenated alkanes) is 7. The Hall–Kier alpha value is -3.23. The van der Waals surface area contributed by atoms with Crippen molar-refractivity contribution in [2.75, 3.05) is 6.54 Å². The lowest BCUT2D eigenvalue weighted by Crippen LogP contribution is -2.31. The Bertz CT molecular complexity index is 996. The largest absolute Gasteiger partial charge is 0.493 e. The number of carbonyl (C=O) groups is 1. The van der Waals surface area contributed by atoms with Gasteiger partial charge in [0.25, 0.3) is 5.56 Å². The Labute approximate surface area is 179 Å². The number of nitrogens with one attached hydrogen (secondary N) is 1. The molecule has 0 atom stereocenters. The van der Waals surface area contributed by atoms with E-state index in [1.165, 1.54) is 18.3 Å². The van der Waals surface area contributed by atoms with Crippen LogP contribution in [0.1, 0.15) is 63.4 Å². The molecular formula is C22H28FN3O5. The van der Waals surface area contributed by atoms with E-state index < -0.39 is 28.9 Å². The first kappa shape index (κ1) is 24.0. The lowest BCUT2D eigenvalue weighted by molar-refractivity contribution is -0.137. The number of aromatic amines is 1. The van der Waals surface area contributed by atoms with Gasteiger partial charge in [0.2, 0.25) is 5.88 Å². The predicted molar refractivity (Wildman–Crippen MR) is 116 cm³/mol. The van der Waals surface area contributed by atoms with Gasteiger partial charge < -0.3 is 10.2 Å². The summed E-state index contributed by atoms with van der Waals surface area (Å²) in [5.41, 5.74) is -1.48. The lowest BCUT2D eigenvalue weighted by Gasteiger charge is -2.09. The summed E-state index contributed by atoms with van der Waals surface area (Å²) < 4.78 is 14.0. The number of aromatic hydroxyl groups is 1. The average molecular weight is 433 g/mol. The smallest absolute Gasteiger partial charge is 0.335 e. The van der Waals surface area contributed by atoms with Crippen molar-refractivity contribution in [3.63, 3.8) is 0 Å². The molecule has 0 unspecified atom stereocenters. The molecule has 1 heterocycles. The molecule has 0 bridgehead atoms. The van der Waals surface area contributed by atoms with Gasteiger partial charge in [-0.2, -0.15) is 0 Å². The maximum atomic E-state index is 13.1. The molecule has 168 valence electrons. The normalized spacial score (nSPS) is 11.3. The number of hydrogen-bond acceptors (Lipinski definition) is 5. The van der Waals surface area contributed by atoms with Crippen molar-refractivity contribution in [3.8, 4) is 11.6 Å². The van der Waals surface area contributed by atoms with Crippen LogP contribution >= 0.6 is 0 Å². The van der Waals surface area contributed by atoms with Gasteiger partial charge in [0.05, 0.1) is 5.69 Å². The van der Waals surface area contributed by atoms with Crippen LogP contribution < -0.4 is 11.2 Å². The molecule has 0 amide bonds. The van der Waals surface area contributed by atoms with Crippen molar-refractivity contribution < 1.29 is 19.4 Å². The van der Waals surface area contributed by atoms with Crippen molar-refractivity contribution in [2.24, 2.45) is 4.99 Å². The molecule has 31 heavy (non-hydrogen) atoms. The zero-order valence-corrected chi connectivity index (χ0v) is 17.3. The van der Waals surface area contributed by atoms with Crippen LogP contribution in [0.5, 0.6) is 5.88 Å².